The molecule has 0 unspecified atom stereocenters. The van der Waals surface area contributed by atoms with Crippen molar-refractivity contribution in [1.82, 2.24) is 5.32 Å². The molecule has 0 aliphatic heterocycles. The lowest BCUT2D eigenvalue weighted by Crippen LogP contribution is -2.41. The molecule has 1 atom stereocenters. The van der Waals surface area contributed by atoms with Gasteiger partial charge in [-0.25, -0.2) is 4.79 Å². The number of aliphatic carboxylic acids is 1. The second-order valence-corrected chi connectivity index (χ2v) is 5.55. The van der Waals surface area contributed by atoms with Crippen LogP contribution in [0.25, 0.3) is 0 Å². The number of carboxylic acids is 1. The second-order valence-electron chi connectivity index (χ2n) is 5.55. The quantitative estimate of drug-likeness (QED) is 0.431. The molecule has 1 amide bonds. The summed E-state index contributed by atoms with van der Waals surface area (Å²) in [5.74, 6) is -1.33. The summed E-state index contributed by atoms with van der Waals surface area (Å²) in [5.41, 5.74) is 0. The molecule has 124 valence electrons. The van der Waals surface area contributed by atoms with E-state index in [0.717, 1.165) is 19.3 Å². The van der Waals surface area contributed by atoms with Gasteiger partial charge in [-0.2, -0.15) is 0 Å². The van der Waals surface area contributed by atoms with E-state index in [1.54, 1.807) is 0 Å². The molecule has 0 saturated heterocycles. The summed E-state index contributed by atoms with van der Waals surface area (Å²) < 4.78 is 0. The van der Waals surface area contributed by atoms with Crippen molar-refractivity contribution in [3.8, 4) is 0 Å². The first-order chi connectivity index (χ1) is 10.1. The van der Waals surface area contributed by atoms with Crippen LogP contribution in [0.4, 0.5) is 0 Å². The van der Waals surface area contributed by atoms with Crippen LogP contribution < -0.4 is 5.32 Å². The Labute approximate surface area is 128 Å². The number of unbranched alkanes of at least 4 members (excludes halogenated alkanes) is 8. The van der Waals surface area contributed by atoms with E-state index < -0.39 is 12.0 Å². The minimum atomic E-state index is -1.09. The van der Waals surface area contributed by atoms with Crippen molar-refractivity contribution in [2.75, 3.05) is 6.61 Å². The number of carbonyl (C=O) groups excluding carboxylic acids is 1. The van der Waals surface area contributed by atoms with Crippen LogP contribution in [0.15, 0.2) is 0 Å². The molecule has 0 aliphatic carbocycles. The minimum absolute atomic E-state index is 0.0544. The van der Waals surface area contributed by atoms with E-state index in [9.17, 15) is 9.59 Å². The van der Waals surface area contributed by atoms with Gasteiger partial charge in [0, 0.05) is 19.4 Å². The van der Waals surface area contributed by atoms with Crippen LogP contribution in [0.2, 0.25) is 0 Å². The lowest BCUT2D eigenvalue weighted by atomic mass is 10.1. The Morgan fingerprint density at radius 3 is 1.95 bits per heavy atom. The Hall–Kier alpha value is -1.10. The third-order valence-electron chi connectivity index (χ3n) is 3.56. The number of hydrogen-bond donors (Lipinski definition) is 3. The van der Waals surface area contributed by atoms with Crippen LogP contribution in [-0.2, 0) is 9.59 Å². The third kappa shape index (κ3) is 12.4. The van der Waals surface area contributed by atoms with Gasteiger partial charge in [-0.3, -0.25) is 4.79 Å². The average Bonchev–Trinajstić information content (AvgIpc) is 2.45. The van der Waals surface area contributed by atoms with E-state index in [1.807, 2.05) is 0 Å². The van der Waals surface area contributed by atoms with Gasteiger partial charge in [-0.15, -0.1) is 0 Å². The topological polar surface area (TPSA) is 86.6 Å². The number of hydrogen-bond acceptors (Lipinski definition) is 3. The zero-order chi connectivity index (χ0) is 15.9. The van der Waals surface area contributed by atoms with Gasteiger partial charge in [0.15, 0.2) is 0 Å². The van der Waals surface area contributed by atoms with Crippen LogP contribution in [0, 0.1) is 0 Å². The molecule has 21 heavy (non-hydrogen) atoms. The number of carbonyl (C=O) groups is 2. The van der Waals surface area contributed by atoms with Crippen molar-refractivity contribution >= 4 is 11.9 Å². The highest BCUT2D eigenvalue weighted by molar-refractivity contribution is 5.83. The maximum Gasteiger partial charge on any atom is 0.326 e. The smallest absolute Gasteiger partial charge is 0.326 e. The van der Waals surface area contributed by atoms with Crippen LogP contribution in [0.5, 0.6) is 0 Å². The molecule has 0 heterocycles. The van der Waals surface area contributed by atoms with Crippen LogP contribution >= 0.6 is 0 Å². The molecule has 5 heteroatoms. The SMILES string of the molecule is CCCCCCCCCCCC(=O)N[C@@H](CCO)C(=O)O. The highest BCUT2D eigenvalue weighted by atomic mass is 16.4. The van der Waals surface area contributed by atoms with Crippen molar-refractivity contribution in [2.45, 2.75) is 83.6 Å². The molecule has 0 rings (SSSR count). The monoisotopic (exact) mass is 301 g/mol. The van der Waals surface area contributed by atoms with Crippen molar-refractivity contribution in [3.63, 3.8) is 0 Å². The van der Waals surface area contributed by atoms with E-state index in [-0.39, 0.29) is 18.9 Å². The molecule has 0 aromatic heterocycles. The first kappa shape index (κ1) is 19.9. The third-order valence-corrected chi connectivity index (χ3v) is 3.56. The van der Waals surface area contributed by atoms with Gasteiger partial charge in [-0.05, 0) is 6.42 Å². The van der Waals surface area contributed by atoms with Gasteiger partial charge in [0.1, 0.15) is 6.04 Å². The Kier molecular flexibility index (Phi) is 13.1. The van der Waals surface area contributed by atoms with Gasteiger partial charge in [0.05, 0.1) is 0 Å². The lowest BCUT2D eigenvalue weighted by Gasteiger charge is -2.12. The van der Waals surface area contributed by atoms with Crippen molar-refractivity contribution in [1.29, 1.82) is 0 Å². The zero-order valence-corrected chi connectivity index (χ0v) is 13.3. The molecule has 5 nitrogen and oxygen atoms in total. The number of aliphatic hydroxyl groups is 1. The predicted octanol–water partition coefficient (Wildman–Crippen LogP) is 2.86. The van der Waals surface area contributed by atoms with Gasteiger partial charge >= 0.3 is 5.97 Å². The minimum Gasteiger partial charge on any atom is -0.480 e. The standard InChI is InChI=1S/C16H31NO4/c1-2-3-4-5-6-7-8-9-10-11-15(19)17-14(12-13-18)16(20)21/h14,18H,2-13H2,1H3,(H,17,19)(H,20,21)/t14-/m0/s1. The largest absolute Gasteiger partial charge is 0.480 e. The van der Waals surface area contributed by atoms with E-state index in [4.69, 9.17) is 10.2 Å². The fourth-order valence-electron chi connectivity index (χ4n) is 2.25. The van der Waals surface area contributed by atoms with Crippen LogP contribution in [0.1, 0.15) is 77.6 Å². The number of carboxylic acid groups (broad SMARTS) is 1. The number of amides is 1. The van der Waals surface area contributed by atoms with E-state index >= 15 is 0 Å². The molecule has 0 saturated carbocycles. The summed E-state index contributed by atoms with van der Waals surface area (Å²) in [4.78, 5) is 22.4. The van der Waals surface area contributed by atoms with E-state index in [0.29, 0.717) is 6.42 Å². The normalized spacial score (nSPS) is 12.1. The summed E-state index contributed by atoms with van der Waals surface area (Å²) in [6.07, 6.45) is 11.1. The summed E-state index contributed by atoms with van der Waals surface area (Å²) in [7, 11) is 0. The molecule has 3 N–H and O–H groups in total. The molecule has 0 fully saturated rings. The first-order valence-corrected chi connectivity index (χ1v) is 8.24. The fraction of sp³-hybridized carbons (Fsp3) is 0.875. The maximum atomic E-state index is 11.6. The van der Waals surface area contributed by atoms with E-state index in [1.165, 1.54) is 38.5 Å². The average molecular weight is 301 g/mol. The molecule has 0 aromatic rings. The van der Waals surface area contributed by atoms with Gasteiger partial charge in [0.25, 0.3) is 0 Å². The summed E-state index contributed by atoms with van der Waals surface area (Å²) in [6.45, 7) is 1.97. The molecular formula is C16H31NO4. The molecule has 0 bridgehead atoms. The van der Waals surface area contributed by atoms with Gasteiger partial charge in [-0.1, -0.05) is 58.3 Å². The Balaban J connectivity index is 3.50. The number of rotatable bonds is 14. The van der Waals surface area contributed by atoms with Crippen LogP contribution in [-0.4, -0.2) is 34.7 Å². The van der Waals surface area contributed by atoms with E-state index in [2.05, 4.69) is 12.2 Å². The maximum absolute atomic E-state index is 11.6. The van der Waals surface area contributed by atoms with Gasteiger partial charge < -0.3 is 15.5 Å². The highest BCUT2D eigenvalue weighted by Gasteiger charge is 2.18. The Morgan fingerprint density at radius 2 is 1.48 bits per heavy atom. The molecular weight excluding hydrogens is 270 g/mol. The first-order valence-electron chi connectivity index (χ1n) is 8.24. The summed E-state index contributed by atoms with van der Waals surface area (Å²) in [5, 5.41) is 20.0. The van der Waals surface area contributed by atoms with Crippen molar-refractivity contribution in [3.05, 3.63) is 0 Å². The molecule has 0 radical (unpaired) electrons. The molecule has 0 aromatic carbocycles. The number of nitrogens with one attached hydrogen (secondary N) is 1. The summed E-state index contributed by atoms with van der Waals surface area (Å²) in [6, 6.07) is -0.971. The lowest BCUT2D eigenvalue weighted by molar-refractivity contribution is -0.142. The predicted molar refractivity (Wildman–Crippen MR) is 83.1 cm³/mol. The summed E-state index contributed by atoms with van der Waals surface area (Å²) >= 11 is 0. The zero-order valence-electron chi connectivity index (χ0n) is 13.3. The fourth-order valence-corrected chi connectivity index (χ4v) is 2.25. The number of aliphatic hydroxyl groups excluding tert-OH is 1. The van der Waals surface area contributed by atoms with Crippen molar-refractivity contribution < 1.29 is 19.8 Å². The van der Waals surface area contributed by atoms with Crippen molar-refractivity contribution in [2.24, 2.45) is 0 Å². The highest BCUT2D eigenvalue weighted by Crippen LogP contribution is 2.10. The molecule has 0 spiro atoms. The molecule has 0 aliphatic rings. The Bertz CT molecular complexity index is 281. The van der Waals surface area contributed by atoms with Gasteiger partial charge in [0.2, 0.25) is 5.91 Å². The van der Waals surface area contributed by atoms with Crippen LogP contribution in [0.3, 0.4) is 0 Å². The second kappa shape index (κ2) is 13.9. The Morgan fingerprint density at radius 1 is 0.952 bits per heavy atom.